The van der Waals surface area contributed by atoms with E-state index in [2.05, 4.69) is 0 Å². The lowest BCUT2D eigenvalue weighted by molar-refractivity contribution is -0.385. The Morgan fingerprint density at radius 3 is 2.56 bits per heavy atom. The molecule has 1 unspecified atom stereocenters. The van der Waals surface area contributed by atoms with E-state index in [-0.39, 0.29) is 11.7 Å². The summed E-state index contributed by atoms with van der Waals surface area (Å²) >= 11 is 0. The number of nitrogens with zero attached hydrogens (tertiary/aromatic N) is 2. The van der Waals surface area contributed by atoms with Gasteiger partial charge in [-0.1, -0.05) is 0 Å². The van der Waals surface area contributed by atoms with E-state index in [1.807, 2.05) is 25.9 Å². The van der Waals surface area contributed by atoms with Gasteiger partial charge in [0.25, 0.3) is 5.69 Å². The fraction of sp³-hybridized carbons (Fsp3) is 0.500. The number of hydrogen-bond acceptors (Lipinski definition) is 5. The Hall–Kier alpha value is -1.82. The second kappa shape index (κ2) is 6.20. The van der Waals surface area contributed by atoms with E-state index >= 15 is 0 Å². The molecular formula is C12H18N2O4. The number of likely N-dealkylation sites (N-methyl/N-ethyl adjacent to an activating group) is 1. The van der Waals surface area contributed by atoms with Crippen LogP contribution < -0.4 is 9.47 Å². The molecule has 6 nitrogen and oxygen atoms in total. The number of methoxy groups -OCH3 is 1. The van der Waals surface area contributed by atoms with E-state index < -0.39 is 4.92 Å². The van der Waals surface area contributed by atoms with Crippen LogP contribution in [0.5, 0.6) is 11.5 Å². The Morgan fingerprint density at radius 1 is 1.39 bits per heavy atom. The van der Waals surface area contributed by atoms with E-state index in [1.165, 1.54) is 25.3 Å². The molecule has 1 aromatic carbocycles. The quantitative estimate of drug-likeness (QED) is 0.573. The lowest BCUT2D eigenvalue weighted by Gasteiger charge is -2.20. The van der Waals surface area contributed by atoms with Gasteiger partial charge in [-0.15, -0.1) is 0 Å². The van der Waals surface area contributed by atoms with Crippen LogP contribution in [0.4, 0.5) is 5.69 Å². The molecule has 0 bridgehead atoms. The summed E-state index contributed by atoms with van der Waals surface area (Å²) in [4.78, 5) is 12.2. The van der Waals surface area contributed by atoms with Crippen molar-refractivity contribution in [2.45, 2.75) is 13.0 Å². The van der Waals surface area contributed by atoms with E-state index in [4.69, 9.17) is 9.47 Å². The Labute approximate surface area is 106 Å². The molecule has 0 N–H and O–H groups in total. The molecule has 0 radical (unpaired) electrons. The van der Waals surface area contributed by atoms with Crippen LogP contribution in [0.2, 0.25) is 0 Å². The van der Waals surface area contributed by atoms with E-state index in [0.29, 0.717) is 18.1 Å². The lowest BCUT2D eigenvalue weighted by Crippen LogP contribution is -2.30. The first-order valence-corrected chi connectivity index (χ1v) is 5.57. The number of non-ortho nitro benzene ring substituents is 1. The molecular weight excluding hydrogens is 236 g/mol. The van der Waals surface area contributed by atoms with Crippen molar-refractivity contribution >= 4 is 5.69 Å². The molecule has 1 aromatic rings. The van der Waals surface area contributed by atoms with Crippen LogP contribution in [0, 0.1) is 10.1 Å². The smallest absolute Gasteiger partial charge is 0.273 e. The maximum atomic E-state index is 10.7. The van der Waals surface area contributed by atoms with Crippen molar-refractivity contribution < 1.29 is 14.4 Å². The summed E-state index contributed by atoms with van der Waals surface area (Å²) < 4.78 is 10.7. The molecule has 1 atom stereocenters. The minimum absolute atomic E-state index is 0.0108. The summed E-state index contributed by atoms with van der Waals surface area (Å²) in [7, 11) is 5.39. The van der Waals surface area contributed by atoms with Gasteiger partial charge < -0.3 is 14.4 Å². The first kappa shape index (κ1) is 14.2. The molecule has 0 aliphatic rings. The average molecular weight is 254 g/mol. The predicted molar refractivity (Wildman–Crippen MR) is 68.3 cm³/mol. The van der Waals surface area contributed by atoms with Gasteiger partial charge in [0, 0.05) is 12.1 Å². The van der Waals surface area contributed by atoms with E-state index in [1.54, 1.807) is 0 Å². The number of rotatable bonds is 6. The molecule has 100 valence electrons. The zero-order valence-corrected chi connectivity index (χ0v) is 11.0. The highest BCUT2D eigenvalue weighted by atomic mass is 16.6. The second-order valence-electron chi connectivity index (χ2n) is 4.22. The Kier molecular flexibility index (Phi) is 4.91. The van der Waals surface area contributed by atoms with Gasteiger partial charge in [-0.25, -0.2) is 0 Å². The molecule has 0 amide bonds. The van der Waals surface area contributed by atoms with Crippen LogP contribution in [-0.4, -0.2) is 43.7 Å². The van der Waals surface area contributed by atoms with Crippen molar-refractivity contribution in [3.63, 3.8) is 0 Å². The Balaban J connectivity index is 2.84. The van der Waals surface area contributed by atoms with E-state index in [9.17, 15) is 10.1 Å². The zero-order valence-electron chi connectivity index (χ0n) is 11.0. The van der Waals surface area contributed by atoms with Gasteiger partial charge in [0.1, 0.15) is 6.61 Å². The SMILES string of the molecule is COc1ccc([N+](=O)[O-])cc1OCC(C)N(C)C. The third-order valence-corrected chi connectivity index (χ3v) is 2.72. The molecule has 1 rings (SSSR count). The van der Waals surface area contributed by atoms with Gasteiger partial charge in [0.05, 0.1) is 18.1 Å². The normalized spacial score (nSPS) is 12.3. The molecule has 0 heterocycles. The van der Waals surface area contributed by atoms with Crippen molar-refractivity contribution in [3.8, 4) is 11.5 Å². The minimum Gasteiger partial charge on any atom is -0.493 e. The standard InChI is InChI=1S/C12H18N2O4/c1-9(13(2)3)8-18-12-7-10(14(15)16)5-6-11(12)17-4/h5-7,9H,8H2,1-4H3. The van der Waals surface area contributed by atoms with Gasteiger partial charge in [-0.3, -0.25) is 10.1 Å². The number of nitro benzene ring substituents is 1. The topological polar surface area (TPSA) is 64.8 Å². The van der Waals surface area contributed by atoms with Crippen LogP contribution in [-0.2, 0) is 0 Å². The van der Waals surface area contributed by atoms with Crippen molar-refractivity contribution in [3.05, 3.63) is 28.3 Å². The molecule has 0 saturated heterocycles. The highest BCUT2D eigenvalue weighted by Crippen LogP contribution is 2.31. The summed E-state index contributed by atoms with van der Waals surface area (Å²) in [6.45, 7) is 2.44. The predicted octanol–water partition coefficient (Wildman–Crippen LogP) is 1.93. The Bertz CT molecular complexity index is 421. The largest absolute Gasteiger partial charge is 0.493 e. The van der Waals surface area contributed by atoms with Crippen molar-refractivity contribution in [2.75, 3.05) is 27.8 Å². The summed E-state index contributed by atoms with van der Waals surface area (Å²) in [5, 5.41) is 10.7. The first-order valence-electron chi connectivity index (χ1n) is 5.57. The number of ether oxygens (including phenoxy) is 2. The van der Waals surface area contributed by atoms with Gasteiger partial charge in [0.15, 0.2) is 11.5 Å². The van der Waals surface area contributed by atoms with Gasteiger partial charge in [0.2, 0.25) is 0 Å². The van der Waals surface area contributed by atoms with Crippen molar-refractivity contribution in [2.24, 2.45) is 0 Å². The van der Waals surface area contributed by atoms with Crippen LogP contribution in [0.25, 0.3) is 0 Å². The van der Waals surface area contributed by atoms with Crippen LogP contribution >= 0.6 is 0 Å². The summed E-state index contributed by atoms with van der Waals surface area (Å²) in [5.74, 6) is 0.881. The van der Waals surface area contributed by atoms with E-state index in [0.717, 1.165) is 0 Å². The molecule has 6 heteroatoms. The average Bonchev–Trinajstić information content (AvgIpc) is 2.35. The third-order valence-electron chi connectivity index (χ3n) is 2.72. The maximum Gasteiger partial charge on any atom is 0.273 e. The summed E-state index contributed by atoms with van der Waals surface area (Å²) in [5.41, 5.74) is -0.0108. The van der Waals surface area contributed by atoms with Crippen LogP contribution in [0.15, 0.2) is 18.2 Å². The zero-order chi connectivity index (χ0) is 13.7. The van der Waals surface area contributed by atoms with Gasteiger partial charge >= 0.3 is 0 Å². The molecule has 0 saturated carbocycles. The second-order valence-corrected chi connectivity index (χ2v) is 4.22. The number of hydrogen-bond donors (Lipinski definition) is 0. The Morgan fingerprint density at radius 2 is 2.06 bits per heavy atom. The third kappa shape index (κ3) is 3.59. The lowest BCUT2D eigenvalue weighted by atomic mass is 10.2. The molecule has 0 fully saturated rings. The molecule has 0 spiro atoms. The highest BCUT2D eigenvalue weighted by molar-refractivity contribution is 5.48. The first-order chi connectivity index (χ1) is 8.45. The molecule has 18 heavy (non-hydrogen) atoms. The molecule has 0 aliphatic carbocycles. The minimum atomic E-state index is -0.457. The van der Waals surface area contributed by atoms with Gasteiger partial charge in [-0.05, 0) is 27.1 Å². The fourth-order valence-corrected chi connectivity index (χ4v) is 1.25. The highest BCUT2D eigenvalue weighted by Gasteiger charge is 2.14. The van der Waals surface area contributed by atoms with Crippen molar-refractivity contribution in [1.82, 2.24) is 4.90 Å². The monoisotopic (exact) mass is 254 g/mol. The van der Waals surface area contributed by atoms with Crippen LogP contribution in [0.1, 0.15) is 6.92 Å². The van der Waals surface area contributed by atoms with Crippen molar-refractivity contribution in [1.29, 1.82) is 0 Å². The fourth-order valence-electron chi connectivity index (χ4n) is 1.25. The van der Waals surface area contributed by atoms with Gasteiger partial charge in [-0.2, -0.15) is 0 Å². The van der Waals surface area contributed by atoms with Crippen LogP contribution in [0.3, 0.4) is 0 Å². The summed E-state index contributed by atoms with van der Waals surface area (Å²) in [6, 6.07) is 4.50. The maximum absolute atomic E-state index is 10.7. The summed E-state index contributed by atoms with van der Waals surface area (Å²) in [6.07, 6.45) is 0. The number of nitro groups is 1. The molecule has 0 aromatic heterocycles. The number of benzene rings is 1. The molecule has 0 aliphatic heterocycles.